The largest absolute Gasteiger partial charge is 0.394 e. The van der Waals surface area contributed by atoms with E-state index in [-0.39, 0.29) is 36.2 Å². The van der Waals surface area contributed by atoms with Crippen molar-refractivity contribution < 1.29 is 19.5 Å². The maximum Gasteiger partial charge on any atom is 0.248 e. The van der Waals surface area contributed by atoms with E-state index >= 15 is 0 Å². The molecule has 1 spiro atoms. The highest BCUT2D eigenvalue weighted by atomic mass is 32.2. The van der Waals surface area contributed by atoms with Gasteiger partial charge in [-0.25, -0.2) is 4.68 Å². The summed E-state index contributed by atoms with van der Waals surface area (Å²) in [4.78, 5) is 49.4. The lowest BCUT2D eigenvalue weighted by Gasteiger charge is -2.38. The van der Waals surface area contributed by atoms with Crippen LogP contribution in [0.15, 0.2) is 109 Å². The predicted octanol–water partition coefficient (Wildman–Crippen LogP) is 3.29. The third-order valence-electron chi connectivity index (χ3n) is 9.89. The van der Waals surface area contributed by atoms with Crippen molar-refractivity contribution in [2.75, 3.05) is 24.6 Å². The lowest BCUT2D eigenvalue weighted by Crippen LogP contribution is -2.57. The number of fused-ring (bicyclic) bond motifs is 3. The van der Waals surface area contributed by atoms with Crippen molar-refractivity contribution >= 4 is 46.2 Å². The van der Waals surface area contributed by atoms with Crippen molar-refractivity contribution in [3.63, 3.8) is 0 Å². The molecule has 5 heterocycles. The zero-order valence-corrected chi connectivity index (χ0v) is 26.4. The van der Waals surface area contributed by atoms with Gasteiger partial charge >= 0.3 is 0 Å². The first-order chi connectivity index (χ1) is 23.0. The van der Waals surface area contributed by atoms with Crippen molar-refractivity contribution in [2.24, 2.45) is 11.8 Å². The fraction of sp³-hybridized carbons (Fsp3) is 0.306. The van der Waals surface area contributed by atoms with Gasteiger partial charge in [-0.1, -0.05) is 90.2 Å². The normalized spacial score (nSPS) is 27.5. The van der Waals surface area contributed by atoms with Crippen LogP contribution in [0.3, 0.4) is 0 Å². The number of para-hydroxylation sites is 2. The quantitative estimate of drug-likeness (QED) is 0.307. The molecule has 0 saturated carbocycles. The zero-order valence-electron chi connectivity index (χ0n) is 25.6. The number of carbonyl (C=O) groups excluding carboxylic acids is 3. The fourth-order valence-corrected chi connectivity index (χ4v) is 9.80. The molecule has 2 saturated heterocycles. The highest BCUT2D eigenvalue weighted by Gasteiger charge is 2.71. The molecule has 4 aromatic rings. The van der Waals surface area contributed by atoms with Gasteiger partial charge in [0.15, 0.2) is 0 Å². The number of hydrogen-bond acceptors (Lipinski definition) is 7. The van der Waals surface area contributed by atoms with E-state index in [0.717, 1.165) is 22.3 Å². The first-order valence-electron chi connectivity index (χ1n) is 15.9. The summed E-state index contributed by atoms with van der Waals surface area (Å²) in [6.45, 7) is 0.522. The molecule has 6 atom stereocenters. The van der Waals surface area contributed by atoms with Crippen LogP contribution >= 0.6 is 11.8 Å². The van der Waals surface area contributed by atoms with Gasteiger partial charge in [-0.05, 0) is 36.2 Å². The summed E-state index contributed by atoms with van der Waals surface area (Å²) < 4.78 is 0.688. The van der Waals surface area contributed by atoms with Gasteiger partial charge in [0.05, 0.1) is 34.7 Å². The van der Waals surface area contributed by atoms with Crippen molar-refractivity contribution in [3.05, 3.63) is 115 Å². The van der Waals surface area contributed by atoms with Crippen molar-refractivity contribution in [2.45, 2.75) is 35.2 Å². The first kappa shape index (κ1) is 29.6. The van der Waals surface area contributed by atoms with Gasteiger partial charge < -0.3 is 19.8 Å². The Bertz CT molecular complexity index is 1900. The molecule has 4 aliphatic rings. The minimum atomic E-state index is -1.01. The van der Waals surface area contributed by atoms with Gasteiger partial charge in [-0.15, -0.1) is 16.9 Å². The number of carbonyl (C=O) groups is 3. The topological polar surface area (TPSA) is 112 Å². The van der Waals surface area contributed by atoms with E-state index in [4.69, 9.17) is 0 Å². The number of likely N-dealkylation sites (tertiary alicyclic amines) is 1. The van der Waals surface area contributed by atoms with Gasteiger partial charge in [0.25, 0.3) is 0 Å². The Kier molecular flexibility index (Phi) is 7.45. The van der Waals surface area contributed by atoms with Crippen LogP contribution in [0.25, 0.3) is 11.0 Å². The number of benzene rings is 3. The minimum Gasteiger partial charge on any atom is -0.394 e. The molecule has 47 heavy (non-hydrogen) atoms. The van der Waals surface area contributed by atoms with Crippen molar-refractivity contribution in [1.29, 1.82) is 0 Å². The molecular weight excluding hydrogens is 613 g/mol. The lowest BCUT2D eigenvalue weighted by atomic mass is 9.78. The Hall–Kier alpha value is -4.74. The van der Waals surface area contributed by atoms with Crippen LogP contribution < -0.4 is 4.90 Å². The summed E-state index contributed by atoms with van der Waals surface area (Å²) in [6, 6.07) is 25.2. The summed E-state index contributed by atoms with van der Waals surface area (Å²) in [6.07, 6.45) is 8.35. The molecule has 0 bridgehead atoms. The Balaban J connectivity index is 1.21. The number of nitrogens with zero attached hydrogens (tertiary/aromatic N) is 6. The Morgan fingerprint density at radius 2 is 1.62 bits per heavy atom. The Morgan fingerprint density at radius 3 is 2.40 bits per heavy atom. The van der Waals surface area contributed by atoms with Crippen molar-refractivity contribution in [1.82, 2.24) is 24.8 Å². The second kappa shape index (κ2) is 11.8. The lowest BCUT2D eigenvalue weighted by molar-refractivity contribution is -0.146. The second-order valence-corrected chi connectivity index (χ2v) is 14.0. The highest BCUT2D eigenvalue weighted by Crippen LogP contribution is 2.61. The standard InChI is InChI=1S/C36H34N6O4S/c43-22-26(21-24-11-3-1-4-12-24)42-32-35(46)39(23-41-28-16-8-7-15-27(28)37-38-41)19-10-18-36(32)31(34(42)45)30-29(47-36)17-9-20-40(33(30)44)25-13-5-2-6-14-25/h1-18,26,29-32,43H,19-23H2/t26-,29-,30+,31+,32?,36+/m1/s1. The van der Waals surface area contributed by atoms with E-state index in [0.29, 0.717) is 19.5 Å². The van der Waals surface area contributed by atoms with E-state index in [1.165, 1.54) is 11.8 Å². The third-order valence-corrected chi connectivity index (χ3v) is 11.6. The van der Waals surface area contributed by atoms with Crippen molar-refractivity contribution in [3.8, 4) is 0 Å². The van der Waals surface area contributed by atoms with Crippen LogP contribution in [0.1, 0.15) is 5.56 Å². The van der Waals surface area contributed by atoms with E-state index in [9.17, 15) is 19.5 Å². The molecule has 0 aliphatic carbocycles. The first-order valence-corrected chi connectivity index (χ1v) is 16.8. The fourth-order valence-electron chi connectivity index (χ4n) is 7.80. The molecule has 1 N–H and O–H groups in total. The van der Waals surface area contributed by atoms with Gasteiger partial charge in [0, 0.05) is 24.0 Å². The number of hydrogen-bond donors (Lipinski definition) is 1. The molecule has 10 nitrogen and oxygen atoms in total. The summed E-state index contributed by atoms with van der Waals surface area (Å²) >= 11 is 1.53. The predicted molar refractivity (Wildman–Crippen MR) is 179 cm³/mol. The van der Waals surface area contributed by atoms with E-state index in [1.54, 1.807) is 19.4 Å². The molecule has 3 amide bonds. The average Bonchev–Trinajstić information content (AvgIpc) is 3.66. The van der Waals surface area contributed by atoms with Gasteiger partial charge in [0.2, 0.25) is 17.7 Å². The number of aromatic nitrogens is 3. The molecular formula is C36H34N6O4S. The summed E-state index contributed by atoms with van der Waals surface area (Å²) in [5.41, 5.74) is 3.24. The summed E-state index contributed by atoms with van der Waals surface area (Å²) in [5, 5.41) is 19.1. The number of amides is 3. The zero-order chi connectivity index (χ0) is 32.1. The monoisotopic (exact) mass is 646 g/mol. The molecule has 0 radical (unpaired) electrons. The number of thioether (sulfide) groups is 1. The smallest absolute Gasteiger partial charge is 0.248 e. The molecule has 3 aromatic carbocycles. The molecule has 1 aromatic heterocycles. The van der Waals surface area contributed by atoms with E-state index in [1.807, 2.05) is 109 Å². The number of aliphatic hydroxyl groups excluding tert-OH is 1. The average molecular weight is 647 g/mol. The van der Waals surface area contributed by atoms with Crippen LogP contribution in [0.5, 0.6) is 0 Å². The number of aliphatic hydroxyl groups is 1. The Labute approximate surface area is 276 Å². The maximum atomic E-state index is 14.9. The summed E-state index contributed by atoms with van der Waals surface area (Å²) in [5.74, 6) is -2.11. The van der Waals surface area contributed by atoms with E-state index in [2.05, 4.69) is 10.3 Å². The van der Waals surface area contributed by atoms with Crippen LogP contribution in [-0.2, 0) is 27.5 Å². The maximum absolute atomic E-state index is 14.9. The second-order valence-electron chi connectivity index (χ2n) is 12.5. The molecule has 1 unspecified atom stereocenters. The molecule has 11 heteroatoms. The Morgan fingerprint density at radius 1 is 0.872 bits per heavy atom. The van der Waals surface area contributed by atoms with Crippen LogP contribution in [-0.4, -0.2) is 89.4 Å². The minimum absolute atomic E-state index is 0.130. The highest BCUT2D eigenvalue weighted by molar-refractivity contribution is 8.02. The number of anilines is 1. The van der Waals surface area contributed by atoms with Gasteiger partial charge in [-0.3, -0.25) is 14.4 Å². The van der Waals surface area contributed by atoms with Crippen LogP contribution in [0.4, 0.5) is 5.69 Å². The van der Waals surface area contributed by atoms with Crippen LogP contribution in [0.2, 0.25) is 0 Å². The van der Waals surface area contributed by atoms with Gasteiger partial charge in [0.1, 0.15) is 18.2 Å². The summed E-state index contributed by atoms with van der Waals surface area (Å²) in [7, 11) is 0. The van der Waals surface area contributed by atoms with E-state index < -0.39 is 28.7 Å². The third kappa shape index (κ3) is 4.79. The molecule has 8 rings (SSSR count). The SMILES string of the molecule is O=C1C2N([C@@H](CO)Cc3ccccc3)C(=O)[C@@H]3[C@H]4C(=O)N(c5ccccc5)CC=C[C@H]4S[C@]23C=CCN1Cn1nnc2ccccc21. The molecule has 4 aliphatic heterocycles. The number of rotatable bonds is 7. The van der Waals surface area contributed by atoms with Crippen LogP contribution in [0, 0.1) is 11.8 Å². The van der Waals surface area contributed by atoms with Gasteiger partial charge in [-0.2, -0.15) is 0 Å². The molecule has 2 fully saturated rings. The molecule has 238 valence electrons.